The van der Waals surface area contributed by atoms with E-state index >= 15 is 0 Å². The number of carboxylic acid groups (broad SMARTS) is 1. The van der Waals surface area contributed by atoms with Gasteiger partial charge in [-0.25, -0.2) is 4.79 Å². The summed E-state index contributed by atoms with van der Waals surface area (Å²) in [6.07, 6.45) is 59.1. The van der Waals surface area contributed by atoms with Crippen LogP contribution in [0.1, 0.15) is 264 Å². The number of esters is 1. The maximum Gasteiger partial charge on any atom is 0.328 e. The number of aliphatic carboxylic acids is 1. The summed E-state index contributed by atoms with van der Waals surface area (Å²) in [6.45, 7) is 3.49. The molecule has 0 aliphatic rings. The number of ether oxygens (including phenoxy) is 1. The summed E-state index contributed by atoms with van der Waals surface area (Å²) in [4.78, 5) is 47.8. The Morgan fingerprint density at radius 3 is 1.33 bits per heavy atom. The molecule has 0 aliphatic heterocycles. The topological polar surface area (TPSA) is 142 Å². The molecule has 0 saturated carbocycles. The number of nitrogens with one attached hydrogen (secondary N) is 2. The fourth-order valence-corrected chi connectivity index (χ4v) is 7.98. The molecule has 4 N–H and O–H groups in total. The summed E-state index contributed by atoms with van der Waals surface area (Å²) in [7, 11) is 0. The minimum atomic E-state index is -1.39. The Hall–Kier alpha value is -2.94. The molecule has 0 fully saturated rings. The molecule has 0 bridgehead atoms. The lowest BCUT2D eigenvalue weighted by Gasteiger charge is -2.18. The second-order valence-corrected chi connectivity index (χ2v) is 18.3. The first kappa shape index (κ1) is 61.1. The molecule has 0 aromatic heterocycles. The van der Waals surface area contributed by atoms with Crippen molar-refractivity contribution in [3.63, 3.8) is 0 Å². The van der Waals surface area contributed by atoms with E-state index < -0.39 is 24.5 Å². The summed E-state index contributed by atoms with van der Waals surface area (Å²) in [5.74, 6) is -2.31. The number of aliphatic hydroxyl groups is 1. The van der Waals surface area contributed by atoms with Crippen LogP contribution in [0.15, 0.2) is 36.5 Å². The molecular formula is C55H100N2O7. The van der Waals surface area contributed by atoms with Crippen molar-refractivity contribution in [2.24, 2.45) is 0 Å². The standard InChI is InChI=1S/C55H100N2O7/c1-3-5-7-9-11-13-15-17-18-19-20-21-22-23-24-25-26-28-30-32-34-39-43-47-54(61)64-50(44-40-36-33-31-29-27-16-14-12-10-8-6-4-2)45-41-37-35-38-42-46-52(59)56-48-53(60)57-51(49-58)55(62)63/h16,19-20,27,31,33,50-51,58H,3-15,17-18,21-26,28-30,32,34-49H2,1-2H3,(H,56,59)(H,57,60)(H,62,63)/b20-19-,27-16-,33-31-. The molecule has 2 unspecified atom stereocenters. The van der Waals surface area contributed by atoms with Crippen molar-refractivity contribution in [2.75, 3.05) is 13.2 Å². The molecule has 0 spiro atoms. The van der Waals surface area contributed by atoms with E-state index in [0.29, 0.717) is 12.8 Å². The fraction of sp³-hybridized carbons (Fsp3) is 0.818. The molecule has 9 nitrogen and oxygen atoms in total. The van der Waals surface area contributed by atoms with Crippen molar-refractivity contribution in [1.82, 2.24) is 10.6 Å². The summed E-state index contributed by atoms with van der Waals surface area (Å²) in [5, 5.41) is 22.6. The highest BCUT2D eigenvalue weighted by Gasteiger charge is 2.19. The van der Waals surface area contributed by atoms with Gasteiger partial charge in [0.25, 0.3) is 0 Å². The van der Waals surface area contributed by atoms with Gasteiger partial charge in [0.2, 0.25) is 11.8 Å². The minimum Gasteiger partial charge on any atom is -0.480 e. The van der Waals surface area contributed by atoms with Gasteiger partial charge in [0, 0.05) is 12.8 Å². The van der Waals surface area contributed by atoms with E-state index in [4.69, 9.17) is 14.9 Å². The van der Waals surface area contributed by atoms with Gasteiger partial charge >= 0.3 is 11.9 Å². The molecule has 64 heavy (non-hydrogen) atoms. The number of carboxylic acids is 1. The number of allylic oxidation sites excluding steroid dienone is 6. The molecule has 9 heteroatoms. The Kier molecular flexibility index (Phi) is 47.2. The molecule has 0 radical (unpaired) electrons. The third-order valence-electron chi connectivity index (χ3n) is 12.1. The number of hydrogen-bond donors (Lipinski definition) is 4. The Morgan fingerprint density at radius 2 is 0.859 bits per heavy atom. The van der Waals surface area contributed by atoms with Crippen LogP contribution in [0.4, 0.5) is 0 Å². The third kappa shape index (κ3) is 45.6. The highest BCUT2D eigenvalue weighted by molar-refractivity contribution is 5.87. The van der Waals surface area contributed by atoms with Gasteiger partial charge in [0.1, 0.15) is 12.1 Å². The molecule has 0 saturated heterocycles. The predicted molar refractivity (Wildman–Crippen MR) is 268 cm³/mol. The monoisotopic (exact) mass is 901 g/mol. The van der Waals surface area contributed by atoms with Crippen LogP contribution in [-0.2, 0) is 23.9 Å². The molecule has 2 amide bonds. The normalized spacial score (nSPS) is 12.7. The number of hydrogen-bond acceptors (Lipinski definition) is 6. The number of amides is 2. The zero-order valence-electron chi connectivity index (χ0n) is 41.5. The average Bonchev–Trinajstić information content (AvgIpc) is 3.28. The largest absolute Gasteiger partial charge is 0.480 e. The van der Waals surface area contributed by atoms with Gasteiger partial charge in [0.05, 0.1) is 13.2 Å². The predicted octanol–water partition coefficient (Wildman–Crippen LogP) is 14.5. The smallest absolute Gasteiger partial charge is 0.328 e. The van der Waals surface area contributed by atoms with Crippen LogP contribution in [0.5, 0.6) is 0 Å². The van der Waals surface area contributed by atoms with Crippen LogP contribution in [0.25, 0.3) is 0 Å². The van der Waals surface area contributed by atoms with Crippen LogP contribution in [0.2, 0.25) is 0 Å². The Balaban J connectivity index is 4.24. The minimum absolute atomic E-state index is 0.0574. The van der Waals surface area contributed by atoms with E-state index in [-0.39, 0.29) is 30.9 Å². The van der Waals surface area contributed by atoms with E-state index in [2.05, 4.69) is 60.9 Å². The van der Waals surface area contributed by atoms with E-state index in [1.54, 1.807) is 0 Å². The molecule has 0 aromatic rings. The summed E-state index contributed by atoms with van der Waals surface area (Å²) < 4.78 is 6.05. The lowest BCUT2D eigenvalue weighted by atomic mass is 10.0. The number of carbonyl (C=O) groups excluding carboxylic acids is 3. The Bertz CT molecular complexity index is 1170. The van der Waals surface area contributed by atoms with E-state index in [1.807, 2.05) is 0 Å². The molecule has 0 aromatic carbocycles. The average molecular weight is 901 g/mol. The first-order valence-electron chi connectivity index (χ1n) is 26.9. The van der Waals surface area contributed by atoms with Crippen molar-refractivity contribution in [3.05, 3.63) is 36.5 Å². The fourth-order valence-electron chi connectivity index (χ4n) is 7.98. The molecule has 372 valence electrons. The van der Waals surface area contributed by atoms with Gasteiger partial charge < -0.3 is 25.6 Å². The maximum atomic E-state index is 12.9. The van der Waals surface area contributed by atoms with Crippen molar-refractivity contribution in [1.29, 1.82) is 0 Å². The Morgan fingerprint density at radius 1 is 0.469 bits per heavy atom. The number of rotatable bonds is 49. The molecule has 0 heterocycles. The highest BCUT2D eigenvalue weighted by atomic mass is 16.5. The number of aliphatic hydroxyl groups excluding tert-OH is 1. The summed E-state index contributed by atoms with van der Waals surface area (Å²) >= 11 is 0. The molecule has 0 rings (SSSR count). The second kappa shape index (κ2) is 49.5. The SMILES string of the molecule is CCCCCCC/C=C\C/C=C\CCCC(CCCCCCCC(=O)NCC(=O)NC(CO)C(=O)O)OC(=O)CCCCCCCCCCCCC/C=C\CCCCCCCCCC. The zero-order valence-corrected chi connectivity index (χ0v) is 41.5. The first-order chi connectivity index (χ1) is 31.3. The van der Waals surface area contributed by atoms with Gasteiger partial charge in [-0.15, -0.1) is 0 Å². The lowest BCUT2D eigenvalue weighted by molar-refractivity contribution is -0.150. The van der Waals surface area contributed by atoms with Crippen LogP contribution < -0.4 is 10.6 Å². The van der Waals surface area contributed by atoms with Gasteiger partial charge in [-0.05, 0) is 89.9 Å². The van der Waals surface area contributed by atoms with Crippen molar-refractivity contribution in [3.8, 4) is 0 Å². The maximum absolute atomic E-state index is 12.9. The quantitative estimate of drug-likeness (QED) is 0.0271. The van der Waals surface area contributed by atoms with Crippen LogP contribution in [-0.4, -0.2) is 59.3 Å². The first-order valence-corrected chi connectivity index (χ1v) is 26.9. The van der Waals surface area contributed by atoms with Gasteiger partial charge in [-0.1, -0.05) is 198 Å². The zero-order chi connectivity index (χ0) is 46.8. The van der Waals surface area contributed by atoms with Crippen LogP contribution in [0.3, 0.4) is 0 Å². The van der Waals surface area contributed by atoms with E-state index in [1.165, 1.54) is 161 Å². The number of carbonyl (C=O) groups is 4. The van der Waals surface area contributed by atoms with Crippen molar-refractivity contribution >= 4 is 23.8 Å². The lowest BCUT2D eigenvalue weighted by Crippen LogP contribution is -2.47. The molecule has 2 atom stereocenters. The number of unbranched alkanes of at least 4 members (excludes halogenated alkanes) is 29. The van der Waals surface area contributed by atoms with Gasteiger partial charge in [-0.2, -0.15) is 0 Å². The second-order valence-electron chi connectivity index (χ2n) is 18.3. The van der Waals surface area contributed by atoms with Crippen LogP contribution >= 0.6 is 0 Å². The van der Waals surface area contributed by atoms with Gasteiger partial charge in [0.15, 0.2) is 0 Å². The van der Waals surface area contributed by atoms with Crippen molar-refractivity contribution in [2.45, 2.75) is 276 Å². The Labute approximate surface area is 393 Å². The summed E-state index contributed by atoms with van der Waals surface area (Å²) in [6, 6.07) is -1.39. The van der Waals surface area contributed by atoms with E-state index in [0.717, 1.165) is 70.6 Å². The highest BCUT2D eigenvalue weighted by Crippen LogP contribution is 2.18. The molecular weight excluding hydrogens is 801 g/mol. The van der Waals surface area contributed by atoms with E-state index in [9.17, 15) is 19.2 Å². The van der Waals surface area contributed by atoms with Crippen molar-refractivity contribution < 1.29 is 34.1 Å². The van der Waals surface area contributed by atoms with Gasteiger partial charge in [-0.3, -0.25) is 14.4 Å². The molecule has 0 aliphatic carbocycles. The summed E-state index contributed by atoms with van der Waals surface area (Å²) in [5.41, 5.74) is 0. The third-order valence-corrected chi connectivity index (χ3v) is 12.1. The van der Waals surface area contributed by atoms with Crippen LogP contribution in [0, 0.1) is 0 Å².